The molecule has 1 heterocycles. The second kappa shape index (κ2) is 6.80. The third kappa shape index (κ3) is 4.18. The molecule has 1 fully saturated rings. The third-order valence-electron chi connectivity index (χ3n) is 2.69. The van der Waals surface area contributed by atoms with Crippen LogP contribution in [0.5, 0.6) is 0 Å². The van der Waals surface area contributed by atoms with Crippen LogP contribution in [-0.2, 0) is 14.3 Å². The Kier molecular flexibility index (Phi) is 5.65. The van der Waals surface area contributed by atoms with E-state index < -0.39 is 0 Å². The van der Waals surface area contributed by atoms with Crippen LogP contribution in [0.15, 0.2) is 0 Å². The molecule has 2 unspecified atom stereocenters. The Morgan fingerprint density at radius 2 is 2.47 bits per heavy atom. The van der Waals surface area contributed by atoms with Crippen LogP contribution in [-0.4, -0.2) is 31.8 Å². The van der Waals surface area contributed by atoms with Crippen LogP contribution in [0.3, 0.4) is 0 Å². The van der Waals surface area contributed by atoms with Gasteiger partial charge in [0.2, 0.25) is 0 Å². The first kappa shape index (κ1) is 12.5. The average Bonchev–Trinajstić information content (AvgIpc) is 2.75. The molecule has 0 aromatic carbocycles. The molecule has 88 valence electrons. The SMILES string of the molecule is CCCC(CN)C(=O)OCC1CCCO1. The number of hydrogen-bond acceptors (Lipinski definition) is 4. The highest BCUT2D eigenvalue weighted by Crippen LogP contribution is 2.13. The Bertz CT molecular complexity index is 190. The fourth-order valence-corrected chi connectivity index (χ4v) is 1.75. The van der Waals surface area contributed by atoms with Crippen LogP contribution in [0.25, 0.3) is 0 Å². The van der Waals surface area contributed by atoms with E-state index in [-0.39, 0.29) is 18.0 Å². The van der Waals surface area contributed by atoms with E-state index in [2.05, 4.69) is 0 Å². The molecule has 1 saturated heterocycles. The summed E-state index contributed by atoms with van der Waals surface area (Å²) in [5.74, 6) is -0.314. The van der Waals surface area contributed by atoms with Crippen LogP contribution < -0.4 is 5.73 Å². The summed E-state index contributed by atoms with van der Waals surface area (Å²) < 4.78 is 10.6. The molecular weight excluding hydrogens is 194 g/mol. The summed E-state index contributed by atoms with van der Waals surface area (Å²) in [6.07, 6.45) is 3.93. The third-order valence-corrected chi connectivity index (χ3v) is 2.69. The molecule has 1 aliphatic heterocycles. The number of esters is 1. The zero-order valence-corrected chi connectivity index (χ0v) is 9.41. The summed E-state index contributed by atoms with van der Waals surface area (Å²) in [7, 11) is 0. The van der Waals surface area contributed by atoms with E-state index in [9.17, 15) is 4.79 Å². The molecule has 1 aliphatic rings. The summed E-state index contributed by atoms with van der Waals surface area (Å²) >= 11 is 0. The molecule has 4 nitrogen and oxygen atoms in total. The first-order chi connectivity index (χ1) is 7.27. The summed E-state index contributed by atoms with van der Waals surface area (Å²) in [5, 5.41) is 0. The van der Waals surface area contributed by atoms with E-state index in [1.165, 1.54) is 0 Å². The maximum Gasteiger partial charge on any atom is 0.310 e. The molecule has 1 rings (SSSR count). The number of carbonyl (C=O) groups is 1. The Hall–Kier alpha value is -0.610. The zero-order chi connectivity index (χ0) is 11.1. The molecule has 0 aliphatic carbocycles. The lowest BCUT2D eigenvalue weighted by Crippen LogP contribution is -2.28. The van der Waals surface area contributed by atoms with E-state index >= 15 is 0 Å². The Morgan fingerprint density at radius 3 is 3.00 bits per heavy atom. The minimum Gasteiger partial charge on any atom is -0.463 e. The molecule has 0 aromatic heterocycles. The Morgan fingerprint density at radius 1 is 1.67 bits per heavy atom. The zero-order valence-electron chi connectivity index (χ0n) is 9.41. The van der Waals surface area contributed by atoms with Gasteiger partial charge in [0.25, 0.3) is 0 Å². The van der Waals surface area contributed by atoms with Gasteiger partial charge in [0.05, 0.1) is 12.0 Å². The van der Waals surface area contributed by atoms with E-state index in [1.807, 2.05) is 6.92 Å². The topological polar surface area (TPSA) is 61.6 Å². The van der Waals surface area contributed by atoms with Gasteiger partial charge in [-0.3, -0.25) is 4.79 Å². The van der Waals surface area contributed by atoms with Gasteiger partial charge in [-0.05, 0) is 19.3 Å². The fraction of sp³-hybridized carbons (Fsp3) is 0.909. The van der Waals surface area contributed by atoms with Gasteiger partial charge in [-0.25, -0.2) is 0 Å². The molecule has 2 atom stereocenters. The highest BCUT2D eigenvalue weighted by molar-refractivity contribution is 5.72. The lowest BCUT2D eigenvalue weighted by Gasteiger charge is -2.15. The average molecular weight is 215 g/mol. The van der Waals surface area contributed by atoms with Crippen LogP contribution >= 0.6 is 0 Å². The summed E-state index contributed by atoms with van der Waals surface area (Å²) in [4.78, 5) is 11.6. The highest BCUT2D eigenvalue weighted by atomic mass is 16.6. The molecule has 4 heteroatoms. The standard InChI is InChI=1S/C11H21NO3/c1-2-4-9(7-12)11(13)15-8-10-5-3-6-14-10/h9-10H,2-8,12H2,1H3. The summed E-state index contributed by atoms with van der Waals surface area (Å²) in [5.41, 5.74) is 5.51. The van der Waals surface area contributed by atoms with E-state index in [4.69, 9.17) is 15.2 Å². The van der Waals surface area contributed by atoms with Gasteiger partial charge in [0, 0.05) is 13.2 Å². The Balaban J connectivity index is 2.20. The quantitative estimate of drug-likeness (QED) is 0.674. The van der Waals surface area contributed by atoms with E-state index in [0.29, 0.717) is 13.2 Å². The predicted molar refractivity (Wildman–Crippen MR) is 57.4 cm³/mol. The minimum atomic E-state index is -0.171. The normalized spacial score (nSPS) is 22.7. The molecule has 0 bridgehead atoms. The Labute approximate surface area is 91.1 Å². The number of carbonyl (C=O) groups excluding carboxylic acids is 1. The van der Waals surface area contributed by atoms with Crippen molar-refractivity contribution in [2.45, 2.75) is 38.7 Å². The van der Waals surface area contributed by atoms with Gasteiger partial charge in [-0.15, -0.1) is 0 Å². The van der Waals surface area contributed by atoms with E-state index in [0.717, 1.165) is 32.3 Å². The van der Waals surface area contributed by atoms with Crippen LogP contribution in [0, 0.1) is 5.92 Å². The predicted octanol–water partition coefficient (Wildman–Crippen LogP) is 1.08. The molecule has 0 spiro atoms. The van der Waals surface area contributed by atoms with Crippen molar-refractivity contribution in [2.75, 3.05) is 19.8 Å². The van der Waals surface area contributed by atoms with Gasteiger partial charge in [-0.2, -0.15) is 0 Å². The van der Waals surface area contributed by atoms with Crippen molar-refractivity contribution in [1.82, 2.24) is 0 Å². The molecule has 15 heavy (non-hydrogen) atoms. The molecule has 0 amide bonds. The number of rotatable bonds is 6. The summed E-state index contributed by atoms with van der Waals surface area (Å²) in [6, 6.07) is 0. The summed E-state index contributed by atoms with van der Waals surface area (Å²) in [6.45, 7) is 3.59. The van der Waals surface area contributed by atoms with Gasteiger partial charge >= 0.3 is 5.97 Å². The lowest BCUT2D eigenvalue weighted by molar-refractivity contribution is -0.151. The van der Waals surface area contributed by atoms with Gasteiger partial charge < -0.3 is 15.2 Å². The van der Waals surface area contributed by atoms with E-state index in [1.54, 1.807) is 0 Å². The first-order valence-corrected chi connectivity index (χ1v) is 5.76. The highest BCUT2D eigenvalue weighted by Gasteiger charge is 2.21. The molecule has 0 saturated carbocycles. The van der Waals surface area contributed by atoms with Crippen molar-refractivity contribution in [1.29, 1.82) is 0 Å². The number of hydrogen-bond donors (Lipinski definition) is 1. The monoisotopic (exact) mass is 215 g/mol. The second-order valence-corrected chi connectivity index (χ2v) is 3.99. The van der Waals surface area contributed by atoms with Gasteiger partial charge in [0.1, 0.15) is 6.61 Å². The lowest BCUT2D eigenvalue weighted by atomic mass is 10.0. The van der Waals surface area contributed by atoms with Gasteiger partial charge in [-0.1, -0.05) is 13.3 Å². The van der Waals surface area contributed by atoms with Crippen molar-refractivity contribution in [3.63, 3.8) is 0 Å². The molecule has 0 radical (unpaired) electrons. The van der Waals surface area contributed by atoms with Crippen molar-refractivity contribution < 1.29 is 14.3 Å². The maximum absolute atomic E-state index is 11.6. The number of ether oxygens (including phenoxy) is 2. The van der Waals surface area contributed by atoms with Crippen molar-refractivity contribution >= 4 is 5.97 Å². The van der Waals surface area contributed by atoms with Crippen LogP contribution in [0.2, 0.25) is 0 Å². The first-order valence-electron chi connectivity index (χ1n) is 5.76. The van der Waals surface area contributed by atoms with Crippen LogP contribution in [0.4, 0.5) is 0 Å². The minimum absolute atomic E-state index is 0.106. The molecule has 2 N–H and O–H groups in total. The van der Waals surface area contributed by atoms with Gasteiger partial charge in [0.15, 0.2) is 0 Å². The number of nitrogens with two attached hydrogens (primary N) is 1. The molecular formula is C11H21NO3. The second-order valence-electron chi connectivity index (χ2n) is 3.99. The smallest absolute Gasteiger partial charge is 0.310 e. The van der Waals surface area contributed by atoms with Crippen molar-refractivity contribution in [3.05, 3.63) is 0 Å². The fourth-order valence-electron chi connectivity index (χ4n) is 1.75. The maximum atomic E-state index is 11.6. The van der Waals surface area contributed by atoms with Crippen LogP contribution in [0.1, 0.15) is 32.6 Å². The molecule has 0 aromatic rings. The van der Waals surface area contributed by atoms with Crippen molar-refractivity contribution in [3.8, 4) is 0 Å². The largest absolute Gasteiger partial charge is 0.463 e. The van der Waals surface area contributed by atoms with Crippen molar-refractivity contribution in [2.24, 2.45) is 11.7 Å².